The van der Waals surface area contributed by atoms with Crippen LogP contribution in [0.15, 0.2) is 64.2 Å². The van der Waals surface area contributed by atoms with Crippen LogP contribution >= 0.6 is 0 Å². The number of Topliss-reactive ketones (excluding diaryl/α,β-unsaturated/α-hetero) is 1. The van der Waals surface area contributed by atoms with Crippen molar-refractivity contribution in [3.63, 3.8) is 0 Å². The molecule has 2 N–H and O–H groups in total. The van der Waals surface area contributed by atoms with Crippen LogP contribution in [0, 0.1) is 0 Å². The lowest BCUT2D eigenvalue weighted by Crippen LogP contribution is -2.46. The number of benzene rings is 2. The average molecular weight is 535 g/mol. The highest BCUT2D eigenvalue weighted by atomic mass is 19.4. The molecule has 0 unspecified atom stereocenters. The summed E-state index contributed by atoms with van der Waals surface area (Å²) in [4.78, 5) is 62.9. The minimum atomic E-state index is -4.92. The Morgan fingerprint density at radius 3 is 2.16 bits per heavy atom. The van der Waals surface area contributed by atoms with Gasteiger partial charge in [0.15, 0.2) is 6.61 Å². The van der Waals surface area contributed by atoms with Gasteiger partial charge in [0.05, 0.1) is 19.2 Å². The van der Waals surface area contributed by atoms with E-state index in [1.807, 2.05) is 0 Å². The van der Waals surface area contributed by atoms with Crippen molar-refractivity contribution in [2.24, 2.45) is 0 Å². The molecule has 1 heterocycles. The predicted octanol–water partition coefficient (Wildman–Crippen LogP) is 1.75. The van der Waals surface area contributed by atoms with Crippen LogP contribution < -0.4 is 21.7 Å². The smallest absolute Gasteiger partial charge is 0.468 e. The Labute approximate surface area is 211 Å². The molecule has 14 heteroatoms. The average Bonchev–Trinajstić information content (AvgIpc) is 2.87. The summed E-state index contributed by atoms with van der Waals surface area (Å²) in [6.45, 7) is -1.96. The fraction of sp³-hybridized carbons (Fsp3) is 0.208. The van der Waals surface area contributed by atoms with Gasteiger partial charge in [0.1, 0.15) is 23.7 Å². The van der Waals surface area contributed by atoms with Crippen LogP contribution in [0.4, 0.5) is 19.0 Å². The first kappa shape index (κ1) is 27.7. The van der Waals surface area contributed by atoms with E-state index in [2.05, 4.69) is 9.47 Å². The lowest BCUT2D eigenvalue weighted by Gasteiger charge is -2.16. The van der Waals surface area contributed by atoms with E-state index in [4.69, 9.17) is 10.5 Å². The fourth-order valence-electron chi connectivity index (χ4n) is 3.31. The zero-order valence-electron chi connectivity index (χ0n) is 19.7. The van der Waals surface area contributed by atoms with Gasteiger partial charge in [0.2, 0.25) is 5.78 Å². The van der Waals surface area contributed by atoms with Crippen LogP contribution in [-0.4, -0.2) is 46.9 Å². The standard InChI is InChI=1S/C24H20F3N3O8/c1-36-18(32)12-30-21(33)19(20(28)29(23(30)35)11-14-5-3-2-4-6-14)17(31)13-37-22(34)15-7-9-16(10-8-15)38-24(25,26)27/h2-10H,11-13,28H2,1H3. The van der Waals surface area contributed by atoms with Gasteiger partial charge < -0.3 is 19.9 Å². The third-order valence-corrected chi connectivity index (χ3v) is 5.10. The third-order valence-electron chi connectivity index (χ3n) is 5.10. The number of nitrogens with zero attached hydrogens (tertiary/aromatic N) is 2. The highest BCUT2D eigenvalue weighted by molar-refractivity contribution is 6.02. The van der Waals surface area contributed by atoms with Gasteiger partial charge in [-0.15, -0.1) is 13.2 Å². The number of rotatable bonds is 9. The van der Waals surface area contributed by atoms with E-state index < -0.39 is 65.6 Å². The van der Waals surface area contributed by atoms with Crippen LogP contribution in [0.5, 0.6) is 5.75 Å². The quantitative estimate of drug-likeness (QED) is 0.319. The second-order valence-electron chi connectivity index (χ2n) is 7.65. The van der Waals surface area contributed by atoms with Crippen molar-refractivity contribution >= 4 is 23.5 Å². The molecule has 38 heavy (non-hydrogen) atoms. The summed E-state index contributed by atoms with van der Waals surface area (Å²) in [5.41, 5.74) is 3.52. The zero-order chi connectivity index (χ0) is 28.0. The second-order valence-corrected chi connectivity index (χ2v) is 7.65. The summed E-state index contributed by atoms with van der Waals surface area (Å²) in [5, 5.41) is 0. The Balaban J connectivity index is 1.89. The summed E-state index contributed by atoms with van der Waals surface area (Å²) >= 11 is 0. The fourth-order valence-corrected chi connectivity index (χ4v) is 3.31. The Bertz CT molecular complexity index is 1460. The number of hydrogen-bond donors (Lipinski definition) is 1. The third kappa shape index (κ3) is 6.66. The molecule has 2 aromatic carbocycles. The van der Waals surface area contributed by atoms with E-state index in [-0.39, 0.29) is 12.1 Å². The maximum atomic E-state index is 13.0. The lowest BCUT2D eigenvalue weighted by molar-refractivity contribution is -0.274. The molecule has 0 aliphatic carbocycles. The van der Waals surface area contributed by atoms with Crippen LogP contribution in [0.1, 0.15) is 26.3 Å². The van der Waals surface area contributed by atoms with Crippen molar-refractivity contribution in [1.82, 2.24) is 9.13 Å². The number of esters is 2. The number of nitrogen functional groups attached to an aromatic ring is 1. The highest BCUT2D eigenvalue weighted by Gasteiger charge is 2.31. The molecule has 0 radical (unpaired) electrons. The molecule has 0 saturated carbocycles. The maximum absolute atomic E-state index is 13.0. The Morgan fingerprint density at radius 1 is 0.947 bits per heavy atom. The number of methoxy groups -OCH3 is 1. The van der Waals surface area contributed by atoms with Gasteiger partial charge in [-0.1, -0.05) is 30.3 Å². The van der Waals surface area contributed by atoms with E-state index in [1.165, 1.54) is 0 Å². The Hall–Kier alpha value is -4.88. The van der Waals surface area contributed by atoms with E-state index in [0.29, 0.717) is 10.1 Å². The summed E-state index contributed by atoms with van der Waals surface area (Å²) in [6, 6.07) is 12.1. The molecule has 0 amide bonds. The molecule has 0 spiro atoms. The molecular weight excluding hydrogens is 515 g/mol. The number of anilines is 1. The van der Waals surface area contributed by atoms with Crippen molar-refractivity contribution in [3.05, 3.63) is 92.1 Å². The summed E-state index contributed by atoms with van der Waals surface area (Å²) in [5.74, 6) is -4.21. The summed E-state index contributed by atoms with van der Waals surface area (Å²) < 4.78 is 51.4. The number of ether oxygens (including phenoxy) is 3. The first-order chi connectivity index (χ1) is 17.9. The number of aromatic nitrogens is 2. The predicted molar refractivity (Wildman–Crippen MR) is 125 cm³/mol. The minimum absolute atomic E-state index is 0.153. The largest absolute Gasteiger partial charge is 0.573 e. The number of nitrogens with two attached hydrogens (primary N) is 1. The van der Waals surface area contributed by atoms with E-state index in [0.717, 1.165) is 35.9 Å². The molecular formula is C24H20F3N3O8. The molecule has 0 atom stereocenters. The van der Waals surface area contributed by atoms with E-state index >= 15 is 0 Å². The van der Waals surface area contributed by atoms with Crippen molar-refractivity contribution in [2.45, 2.75) is 19.5 Å². The molecule has 0 aliphatic rings. The van der Waals surface area contributed by atoms with Crippen LogP contribution in [0.3, 0.4) is 0 Å². The number of carbonyl (C=O) groups excluding carboxylic acids is 3. The van der Waals surface area contributed by atoms with Gasteiger partial charge in [0, 0.05) is 0 Å². The van der Waals surface area contributed by atoms with Crippen LogP contribution in [0.2, 0.25) is 0 Å². The first-order valence-corrected chi connectivity index (χ1v) is 10.7. The van der Waals surface area contributed by atoms with Crippen molar-refractivity contribution in [3.8, 4) is 5.75 Å². The van der Waals surface area contributed by atoms with Gasteiger partial charge in [-0.3, -0.25) is 19.0 Å². The topological polar surface area (TPSA) is 149 Å². The monoisotopic (exact) mass is 535 g/mol. The number of ketones is 1. The number of carbonyl (C=O) groups is 3. The second kappa shape index (κ2) is 11.5. The van der Waals surface area contributed by atoms with Crippen molar-refractivity contribution < 1.29 is 41.8 Å². The SMILES string of the molecule is COC(=O)Cn1c(=O)c(C(=O)COC(=O)c2ccc(OC(F)(F)F)cc2)c(N)n(Cc2ccccc2)c1=O. The molecule has 11 nitrogen and oxygen atoms in total. The molecule has 0 aliphatic heterocycles. The van der Waals surface area contributed by atoms with Crippen molar-refractivity contribution in [1.29, 1.82) is 0 Å². The van der Waals surface area contributed by atoms with Gasteiger partial charge >= 0.3 is 24.0 Å². The Kier molecular flexibility index (Phi) is 8.35. The molecule has 1 aromatic heterocycles. The molecule has 3 rings (SSSR count). The molecule has 0 bridgehead atoms. The van der Waals surface area contributed by atoms with Gasteiger partial charge in [-0.2, -0.15) is 0 Å². The van der Waals surface area contributed by atoms with E-state index in [9.17, 15) is 37.1 Å². The van der Waals surface area contributed by atoms with Crippen LogP contribution in [0.25, 0.3) is 0 Å². The highest BCUT2D eigenvalue weighted by Crippen LogP contribution is 2.23. The van der Waals surface area contributed by atoms with Gasteiger partial charge in [-0.25, -0.2) is 14.2 Å². The van der Waals surface area contributed by atoms with Gasteiger partial charge in [-0.05, 0) is 29.8 Å². The summed E-state index contributed by atoms with van der Waals surface area (Å²) in [7, 11) is 1.04. The molecule has 200 valence electrons. The molecule has 0 saturated heterocycles. The zero-order valence-corrected chi connectivity index (χ0v) is 19.7. The van der Waals surface area contributed by atoms with Crippen molar-refractivity contribution in [2.75, 3.05) is 19.5 Å². The van der Waals surface area contributed by atoms with Gasteiger partial charge in [0.25, 0.3) is 5.56 Å². The lowest BCUT2D eigenvalue weighted by atomic mass is 10.1. The normalized spacial score (nSPS) is 11.1. The molecule has 0 fully saturated rings. The number of halogens is 3. The maximum Gasteiger partial charge on any atom is 0.573 e. The molecule has 3 aromatic rings. The first-order valence-electron chi connectivity index (χ1n) is 10.7. The van der Waals surface area contributed by atoms with E-state index in [1.54, 1.807) is 30.3 Å². The Morgan fingerprint density at radius 2 is 1.58 bits per heavy atom. The summed E-state index contributed by atoms with van der Waals surface area (Å²) in [6.07, 6.45) is -4.92. The minimum Gasteiger partial charge on any atom is -0.468 e. The number of hydrogen-bond acceptors (Lipinski definition) is 9. The van der Waals surface area contributed by atoms with Crippen LogP contribution in [-0.2, 0) is 27.4 Å². The number of alkyl halides is 3.